The van der Waals surface area contributed by atoms with Crippen molar-refractivity contribution in [1.82, 2.24) is 4.31 Å². The van der Waals surface area contributed by atoms with Crippen LogP contribution in [-0.2, 0) is 19.9 Å². The van der Waals surface area contributed by atoms with Gasteiger partial charge in [0.25, 0.3) is 5.91 Å². The zero-order valence-electron chi connectivity index (χ0n) is 18.9. The summed E-state index contributed by atoms with van der Waals surface area (Å²) in [5, 5.41) is 2.27. The molecule has 0 spiro atoms. The Balaban J connectivity index is 1.47. The quantitative estimate of drug-likeness (QED) is 0.539. The first-order valence-corrected chi connectivity index (χ1v) is 13.9. The van der Waals surface area contributed by atoms with Gasteiger partial charge < -0.3 is 9.73 Å². The van der Waals surface area contributed by atoms with Gasteiger partial charge in [0.15, 0.2) is 5.76 Å². The largest absolute Gasteiger partial charge is 0.439 e. The minimum atomic E-state index is -3.90. The molecule has 180 valence electrons. The van der Waals surface area contributed by atoms with Gasteiger partial charge in [-0.25, -0.2) is 16.8 Å². The summed E-state index contributed by atoms with van der Waals surface area (Å²) in [5.41, 5.74) is 1.28. The van der Waals surface area contributed by atoms with Crippen LogP contribution in [0.3, 0.4) is 0 Å². The maximum absolute atomic E-state index is 13.0. The zero-order valence-corrected chi connectivity index (χ0v) is 20.5. The average Bonchev–Trinajstić information content (AvgIpc) is 3.31. The Kier molecular flexibility index (Phi) is 6.66. The van der Waals surface area contributed by atoms with E-state index >= 15 is 0 Å². The van der Waals surface area contributed by atoms with E-state index in [1.165, 1.54) is 52.8 Å². The number of amides is 1. The summed E-state index contributed by atoms with van der Waals surface area (Å²) in [7, 11) is -7.51. The monoisotopic (exact) mass is 502 g/mol. The molecule has 1 unspecified atom stereocenters. The Morgan fingerprint density at radius 3 is 2.21 bits per heavy atom. The molecule has 0 saturated carbocycles. The van der Waals surface area contributed by atoms with Crippen LogP contribution < -0.4 is 5.32 Å². The molecule has 34 heavy (non-hydrogen) atoms. The van der Waals surface area contributed by atoms with E-state index in [2.05, 4.69) is 5.32 Å². The van der Waals surface area contributed by atoms with Gasteiger partial charge in [0.2, 0.25) is 25.0 Å². The fourth-order valence-electron chi connectivity index (χ4n) is 3.89. The minimum absolute atomic E-state index is 0.0533. The van der Waals surface area contributed by atoms with E-state index in [1.54, 1.807) is 12.1 Å². The third kappa shape index (κ3) is 4.79. The van der Waals surface area contributed by atoms with Crippen LogP contribution in [-0.4, -0.2) is 39.6 Å². The van der Waals surface area contributed by atoms with Gasteiger partial charge in [-0.05, 0) is 75.2 Å². The molecule has 1 aromatic heterocycles. The molecule has 3 aromatic rings. The molecule has 2 heterocycles. The van der Waals surface area contributed by atoms with Crippen LogP contribution in [0, 0.1) is 6.92 Å². The van der Waals surface area contributed by atoms with Crippen LogP contribution >= 0.6 is 0 Å². The first-order chi connectivity index (χ1) is 16.1. The topological polar surface area (TPSA) is 114 Å². The number of anilines is 1. The number of carbonyl (C=O) groups excluding carboxylic acids is 1. The smallest absolute Gasteiger partial charge is 0.291 e. The normalized spacial score (nSPS) is 17.4. The summed E-state index contributed by atoms with van der Waals surface area (Å²) in [5.74, 6) is -0.824. The third-order valence-electron chi connectivity index (χ3n) is 5.86. The van der Waals surface area contributed by atoms with Crippen molar-refractivity contribution in [3.8, 4) is 0 Å². The lowest BCUT2D eigenvalue weighted by Gasteiger charge is -2.32. The number of carbonyl (C=O) groups is 1. The van der Waals surface area contributed by atoms with Crippen molar-refractivity contribution in [2.45, 2.75) is 54.0 Å². The predicted molar refractivity (Wildman–Crippen MR) is 127 cm³/mol. The van der Waals surface area contributed by atoms with Crippen molar-refractivity contribution < 1.29 is 26.0 Å². The first-order valence-electron chi connectivity index (χ1n) is 10.9. The lowest BCUT2D eigenvalue weighted by molar-refractivity contribution is 0.0991. The minimum Gasteiger partial charge on any atom is -0.439 e. The maximum atomic E-state index is 13.0. The molecular weight excluding hydrogens is 476 g/mol. The van der Waals surface area contributed by atoms with Crippen molar-refractivity contribution in [2.24, 2.45) is 0 Å². The number of rotatable bonds is 6. The number of hydrogen-bond acceptors (Lipinski definition) is 6. The molecule has 0 bridgehead atoms. The fourth-order valence-corrected chi connectivity index (χ4v) is 6.76. The van der Waals surface area contributed by atoms with Gasteiger partial charge in [-0.1, -0.05) is 24.1 Å². The molecule has 0 aliphatic carbocycles. The van der Waals surface area contributed by atoms with Crippen molar-refractivity contribution in [1.29, 1.82) is 0 Å². The van der Waals surface area contributed by atoms with Gasteiger partial charge >= 0.3 is 0 Å². The number of aryl methyl sites for hydroxylation is 1. The summed E-state index contributed by atoms with van der Waals surface area (Å²) >= 11 is 0. The molecule has 1 fully saturated rings. The molecule has 1 saturated heterocycles. The average molecular weight is 503 g/mol. The van der Waals surface area contributed by atoms with Gasteiger partial charge in [0.1, 0.15) is 0 Å². The Bertz CT molecular complexity index is 1390. The lowest BCUT2D eigenvalue weighted by Crippen LogP contribution is -2.41. The third-order valence-corrected chi connectivity index (χ3v) is 9.53. The molecule has 1 atom stereocenters. The van der Waals surface area contributed by atoms with Crippen molar-refractivity contribution in [3.05, 3.63) is 72.0 Å². The Morgan fingerprint density at radius 2 is 1.56 bits per heavy atom. The van der Waals surface area contributed by atoms with Crippen LogP contribution in [0.4, 0.5) is 5.69 Å². The number of nitrogens with one attached hydrogen (secondary N) is 1. The number of sulfonamides is 1. The van der Waals surface area contributed by atoms with E-state index in [4.69, 9.17) is 4.42 Å². The van der Waals surface area contributed by atoms with E-state index in [9.17, 15) is 21.6 Å². The first kappa shape index (κ1) is 24.2. The van der Waals surface area contributed by atoms with E-state index in [1.807, 2.05) is 13.8 Å². The number of furan rings is 1. The summed E-state index contributed by atoms with van der Waals surface area (Å²) in [4.78, 5) is 12.8. The summed E-state index contributed by atoms with van der Waals surface area (Å²) in [6, 6.07) is 14.7. The second kappa shape index (κ2) is 9.36. The number of hydrogen-bond donors (Lipinski definition) is 1. The highest BCUT2D eigenvalue weighted by molar-refractivity contribution is 7.91. The number of sulfone groups is 1. The molecule has 10 heteroatoms. The number of benzene rings is 2. The molecular formula is C24H26N2O6S2. The second-order valence-corrected chi connectivity index (χ2v) is 12.1. The fraction of sp³-hybridized carbons (Fsp3) is 0.292. The standard InChI is InChI=1S/C24H26N2O6S2/c1-17-6-10-20(11-7-17)33(28,29)23-15-14-22(32-23)24(27)25-19-8-12-21(13-9-19)34(30,31)26-16-4-3-5-18(26)2/h6-15,18H,3-5,16H2,1-2H3,(H,25,27). The van der Waals surface area contributed by atoms with Crippen LogP contribution in [0.1, 0.15) is 42.3 Å². The van der Waals surface area contributed by atoms with Gasteiger partial charge in [-0.15, -0.1) is 0 Å². The molecule has 1 amide bonds. The Hall–Kier alpha value is -2.95. The van der Waals surface area contributed by atoms with Crippen LogP contribution in [0.25, 0.3) is 0 Å². The van der Waals surface area contributed by atoms with E-state index in [-0.39, 0.29) is 26.7 Å². The molecule has 4 rings (SSSR count). The van der Waals surface area contributed by atoms with Crippen molar-refractivity contribution >= 4 is 31.5 Å². The van der Waals surface area contributed by atoms with Crippen molar-refractivity contribution in [2.75, 3.05) is 11.9 Å². The molecule has 2 aromatic carbocycles. The van der Waals surface area contributed by atoms with Gasteiger partial charge in [-0.3, -0.25) is 4.79 Å². The predicted octanol–water partition coefficient (Wildman–Crippen LogP) is 4.24. The van der Waals surface area contributed by atoms with E-state index < -0.39 is 25.8 Å². The summed E-state index contributed by atoms with van der Waals surface area (Å²) < 4.78 is 58.2. The molecule has 1 aliphatic rings. The SMILES string of the molecule is Cc1ccc(S(=O)(=O)c2ccc(C(=O)Nc3ccc(S(=O)(=O)N4CCCCC4C)cc3)o2)cc1. The number of nitrogens with zero attached hydrogens (tertiary/aromatic N) is 1. The van der Waals surface area contributed by atoms with Crippen LogP contribution in [0.5, 0.6) is 0 Å². The highest BCUT2D eigenvalue weighted by Crippen LogP contribution is 2.27. The number of piperidine rings is 1. The zero-order chi connectivity index (χ0) is 24.5. The summed E-state index contributed by atoms with van der Waals surface area (Å²) in [6.07, 6.45) is 2.68. The van der Waals surface area contributed by atoms with Gasteiger partial charge in [0.05, 0.1) is 9.79 Å². The van der Waals surface area contributed by atoms with E-state index in [0.717, 1.165) is 24.8 Å². The van der Waals surface area contributed by atoms with Crippen LogP contribution in [0.15, 0.2) is 80.0 Å². The van der Waals surface area contributed by atoms with Gasteiger partial charge in [0, 0.05) is 18.3 Å². The maximum Gasteiger partial charge on any atom is 0.291 e. The highest BCUT2D eigenvalue weighted by Gasteiger charge is 2.31. The lowest BCUT2D eigenvalue weighted by atomic mass is 10.1. The molecule has 1 aliphatic heterocycles. The Labute approximate surface area is 199 Å². The highest BCUT2D eigenvalue weighted by atomic mass is 32.2. The Morgan fingerprint density at radius 1 is 0.912 bits per heavy atom. The second-order valence-electron chi connectivity index (χ2n) is 8.37. The van der Waals surface area contributed by atoms with Crippen LogP contribution in [0.2, 0.25) is 0 Å². The van der Waals surface area contributed by atoms with Gasteiger partial charge in [-0.2, -0.15) is 4.31 Å². The molecule has 8 nitrogen and oxygen atoms in total. The van der Waals surface area contributed by atoms with Crippen molar-refractivity contribution in [3.63, 3.8) is 0 Å². The molecule has 1 N–H and O–H groups in total. The van der Waals surface area contributed by atoms with E-state index in [0.29, 0.717) is 12.2 Å². The molecule has 0 radical (unpaired) electrons. The summed E-state index contributed by atoms with van der Waals surface area (Å²) in [6.45, 7) is 4.25.